The minimum Gasteiger partial charge on any atom is -0.384 e. The Hall–Kier alpha value is -0.680. The van der Waals surface area contributed by atoms with Crippen LogP contribution in [0.2, 0.25) is 0 Å². The normalized spacial score (nSPS) is 53.6. The van der Waals surface area contributed by atoms with Gasteiger partial charge in [-0.3, -0.25) is 0 Å². The topological polar surface area (TPSA) is 58.9 Å². The molecule has 4 heteroatoms. The lowest BCUT2D eigenvalue weighted by molar-refractivity contribution is -0.304. The Kier molecular flexibility index (Phi) is 3.61. The van der Waals surface area contributed by atoms with Crippen LogP contribution in [0.3, 0.4) is 0 Å². The van der Waals surface area contributed by atoms with Gasteiger partial charge in [0.25, 0.3) is 0 Å². The van der Waals surface area contributed by atoms with Crippen molar-refractivity contribution in [3.05, 3.63) is 22.8 Å². The highest BCUT2D eigenvalue weighted by molar-refractivity contribution is 5.41. The summed E-state index contributed by atoms with van der Waals surface area (Å²) in [6.45, 7) is 9.11. The van der Waals surface area contributed by atoms with E-state index in [1.807, 2.05) is 6.92 Å². The first-order valence-electron chi connectivity index (χ1n) is 9.32. The molecule has 24 heavy (non-hydrogen) atoms. The first-order chi connectivity index (χ1) is 11.2. The Morgan fingerprint density at radius 3 is 2.75 bits per heavy atom. The van der Waals surface area contributed by atoms with Crippen LogP contribution in [0.1, 0.15) is 59.8 Å². The van der Waals surface area contributed by atoms with Gasteiger partial charge in [0.05, 0.1) is 18.3 Å². The first-order valence-corrected chi connectivity index (χ1v) is 9.32. The molecule has 2 aliphatic carbocycles. The molecule has 6 rings (SSSR count). The summed E-state index contributed by atoms with van der Waals surface area (Å²) in [4.78, 5) is 0. The summed E-state index contributed by atoms with van der Waals surface area (Å²) in [5, 5.41) is 22.3. The molecule has 6 aliphatic rings. The van der Waals surface area contributed by atoms with E-state index >= 15 is 0 Å². The lowest BCUT2D eigenvalue weighted by Crippen LogP contribution is -2.65. The Balaban J connectivity index is 1.90. The van der Waals surface area contributed by atoms with Crippen LogP contribution in [0, 0.1) is 11.3 Å². The molecule has 0 spiro atoms. The third-order valence-electron chi connectivity index (χ3n) is 7.35. The summed E-state index contributed by atoms with van der Waals surface area (Å²) in [6.07, 6.45) is 5.60. The molecule has 4 aliphatic heterocycles. The quantitative estimate of drug-likeness (QED) is 0.669. The Labute approximate surface area is 144 Å². The molecule has 0 radical (unpaired) electrons. The second-order valence-electron chi connectivity index (χ2n) is 8.84. The molecule has 0 aromatic rings. The van der Waals surface area contributed by atoms with E-state index in [1.165, 1.54) is 11.1 Å². The van der Waals surface area contributed by atoms with Gasteiger partial charge in [0.2, 0.25) is 5.79 Å². The molecule has 1 fully saturated rings. The van der Waals surface area contributed by atoms with E-state index < -0.39 is 17.5 Å². The van der Waals surface area contributed by atoms with Crippen molar-refractivity contribution >= 4 is 0 Å². The Bertz CT molecular complexity index is 623. The van der Waals surface area contributed by atoms with Gasteiger partial charge in [-0.1, -0.05) is 25.5 Å². The number of allylic oxidation sites excluding steroid dienone is 2. The maximum absolute atomic E-state index is 11.3. The predicted molar refractivity (Wildman–Crippen MR) is 91.3 cm³/mol. The molecular weight excluding hydrogens is 304 g/mol. The van der Waals surface area contributed by atoms with Gasteiger partial charge in [0.15, 0.2) is 0 Å². The lowest BCUT2D eigenvalue weighted by Gasteiger charge is -2.54. The zero-order valence-corrected chi connectivity index (χ0v) is 15.3. The van der Waals surface area contributed by atoms with Crippen molar-refractivity contribution in [3.63, 3.8) is 0 Å². The molecule has 6 atom stereocenters. The molecule has 4 nitrogen and oxygen atoms in total. The van der Waals surface area contributed by atoms with E-state index in [4.69, 9.17) is 9.47 Å². The van der Waals surface area contributed by atoms with Crippen LogP contribution in [0.25, 0.3) is 0 Å². The van der Waals surface area contributed by atoms with E-state index in [0.29, 0.717) is 18.9 Å². The molecule has 0 aromatic heterocycles. The molecule has 0 unspecified atom stereocenters. The number of ether oxygens (including phenoxy) is 2. The fraction of sp³-hybridized carbons (Fsp3) is 0.800. The minimum atomic E-state index is -1.58. The largest absolute Gasteiger partial charge is 0.384 e. The lowest BCUT2D eigenvalue weighted by atomic mass is 9.60. The average molecular weight is 334 g/mol. The van der Waals surface area contributed by atoms with Gasteiger partial charge in [-0.2, -0.15) is 0 Å². The molecule has 134 valence electrons. The summed E-state index contributed by atoms with van der Waals surface area (Å²) in [5.41, 5.74) is 2.60. The summed E-state index contributed by atoms with van der Waals surface area (Å²) in [6, 6.07) is 0. The zero-order chi connectivity index (χ0) is 17.3. The molecule has 6 bridgehead atoms. The maximum Gasteiger partial charge on any atom is 0.221 e. The molecule has 0 aromatic carbocycles. The number of aliphatic hydroxyl groups is 2. The van der Waals surface area contributed by atoms with Crippen molar-refractivity contribution in [3.8, 4) is 0 Å². The van der Waals surface area contributed by atoms with Crippen LogP contribution >= 0.6 is 0 Å². The highest BCUT2D eigenvalue weighted by atomic mass is 16.7. The number of rotatable bonds is 0. The van der Waals surface area contributed by atoms with Crippen LogP contribution in [0.4, 0.5) is 0 Å². The fourth-order valence-electron chi connectivity index (χ4n) is 5.34. The molecule has 0 amide bonds. The maximum atomic E-state index is 11.3. The average Bonchev–Trinajstić information content (AvgIpc) is 2.88. The Morgan fingerprint density at radius 2 is 2.00 bits per heavy atom. The molecule has 4 heterocycles. The van der Waals surface area contributed by atoms with E-state index in [0.717, 1.165) is 31.3 Å². The second-order valence-corrected chi connectivity index (χ2v) is 8.84. The highest BCUT2D eigenvalue weighted by Crippen LogP contribution is 2.58. The number of aliphatic hydroxyl groups excluding tert-OH is 1. The summed E-state index contributed by atoms with van der Waals surface area (Å²) in [7, 11) is 0. The van der Waals surface area contributed by atoms with Gasteiger partial charge >= 0.3 is 0 Å². The van der Waals surface area contributed by atoms with Crippen molar-refractivity contribution in [2.75, 3.05) is 6.61 Å². The standard InChI is InChI=1S/C20H30O4/c1-12-6-5-8-19(4)17(21)20(22)16-14(11-23-20)18(3,9-7-12)13(2)10-15(16)24-19/h6,13,15,17,21-22H,5,7-11H2,1-4H3/b12-6-/t13-,15-,17+,18+,19+,20+/m1/s1. The van der Waals surface area contributed by atoms with Crippen LogP contribution in [0.15, 0.2) is 22.8 Å². The monoisotopic (exact) mass is 334 g/mol. The summed E-state index contributed by atoms with van der Waals surface area (Å²) >= 11 is 0. The third kappa shape index (κ3) is 2.06. The molecule has 1 saturated heterocycles. The SMILES string of the molecule is C/C1=C/CC[C@]2(C)O[C@@H]3C[C@@H](C)[C@](C)(CC1)C1=C3[C@](O)(OC1)[C@H]2O. The third-order valence-corrected chi connectivity index (χ3v) is 7.35. The number of hydrogen-bond donors (Lipinski definition) is 2. The van der Waals surface area contributed by atoms with Gasteiger partial charge in [-0.25, -0.2) is 0 Å². The second kappa shape index (κ2) is 5.16. The summed E-state index contributed by atoms with van der Waals surface area (Å²) < 4.78 is 12.3. The van der Waals surface area contributed by atoms with Gasteiger partial charge in [-0.15, -0.1) is 0 Å². The summed E-state index contributed by atoms with van der Waals surface area (Å²) in [5.74, 6) is -1.12. The van der Waals surface area contributed by atoms with E-state index in [9.17, 15) is 10.2 Å². The highest BCUT2D eigenvalue weighted by Gasteiger charge is 2.64. The van der Waals surface area contributed by atoms with Crippen molar-refractivity contribution in [2.45, 2.75) is 83.4 Å². The van der Waals surface area contributed by atoms with Crippen molar-refractivity contribution in [1.29, 1.82) is 0 Å². The van der Waals surface area contributed by atoms with Gasteiger partial charge < -0.3 is 19.7 Å². The fourth-order valence-corrected chi connectivity index (χ4v) is 5.34. The van der Waals surface area contributed by atoms with Crippen LogP contribution in [-0.4, -0.2) is 40.4 Å². The first kappa shape index (κ1) is 16.8. The predicted octanol–water partition coefficient (Wildman–Crippen LogP) is 3.09. The van der Waals surface area contributed by atoms with Crippen molar-refractivity contribution in [1.82, 2.24) is 0 Å². The van der Waals surface area contributed by atoms with Crippen LogP contribution in [-0.2, 0) is 9.47 Å². The van der Waals surface area contributed by atoms with E-state index in [2.05, 4.69) is 26.8 Å². The molecule has 2 N–H and O–H groups in total. The van der Waals surface area contributed by atoms with Gasteiger partial charge in [0.1, 0.15) is 6.10 Å². The van der Waals surface area contributed by atoms with Crippen LogP contribution < -0.4 is 0 Å². The van der Waals surface area contributed by atoms with Crippen molar-refractivity contribution in [2.24, 2.45) is 11.3 Å². The van der Waals surface area contributed by atoms with E-state index in [-0.39, 0.29) is 11.5 Å². The van der Waals surface area contributed by atoms with E-state index in [1.54, 1.807) is 0 Å². The molecule has 0 saturated carbocycles. The smallest absolute Gasteiger partial charge is 0.221 e. The zero-order valence-electron chi connectivity index (χ0n) is 15.3. The number of fused-ring (bicyclic) bond motifs is 1. The van der Waals surface area contributed by atoms with Crippen LogP contribution in [0.5, 0.6) is 0 Å². The minimum absolute atomic E-state index is 0.0125. The van der Waals surface area contributed by atoms with Crippen molar-refractivity contribution < 1.29 is 19.7 Å². The number of hydrogen-bond acceptors (Lipinski definition) is 4. The Morgan fingerprint density at radius 1 is 1.25 bits per heavy atom. The van der Waals surface area contributed by atoms with Gasteiger partial charge in [0, 0.05) is 5.57 Å². The molecular formula is C20H30O4. The van der Waals surface area contributed by atoms with Gasteiger partial charge in [-0.05, 0) is 62.9 Å².